The molecule has 0 fully saturated rings. The molecule has 25 heavy (non-hydrogen) atoms. The van der Waals surface area contributed by atoms with Crippen molar-refractivity contribution in [1.29, 1.82) is 0 Å². The van der Waals surface area contributed by atoms with Gasteiger partial charge in [-0.05, 0) is 5.92 Å². The van der Waals surface area contributed by atoms with Gasteiger partial charge < -0.3 is 24.3 Å². The van der Waals surface area contributed by atoms with Crippen LogP contribution in [0.15, 0.2) is 0 Å². The Hall–Kier alpha value is -1.13. The molecule has 1 amide bonds. The van der Waals surface area contributed by atoms with E-state index in [1.165, 1.54) is 0 Å². The highest BCUT2D eigenvalue weighted by Gasteiger charge is 1.92. The molecule has 0 heterocycles. The van der Waals surface area contributed by atoms with Crippen LogP contribution in [0.3, 0.4) is 0 Å². The summed E-state index contributed by atoms with van der Waals surface area (Å²) in [5, 5.41) is 2.51. The first kappa shape index (κ1) is 26.1. The summed E-state index contributed by atoms with van der Waals surface area (Å²) in [4.78, 5) is 9.94. The number of ether oxygens (including phenoxy) is 4. The highest BCUT2D eigenvalue weighted by molar-refractivity contribution is 5.45. The molecule has 0 saturated carbocycles. The zero-order valence-corrected chi connectivity index (χ0v) is 16.6. The van der Waals surface area contributed by atoms with Crippen LogP contribution in [0.4, 0.5) is 0 Å². The first-order chi connectivity index (χ1) is 12.0. The van der Waals surface area contributed by atoms with Crippen molar-refractivity contribution < 1.29 is 23.7 Å². The summed E-state index contributed by atoms with van der Waals surface area (Å²) in [5.74, 6) is 7.18. The maximum Gasteiger partial charge on any atom is 0.207 e. The van der Waals surface area contributed by atoms with E-state index in [9.17, 15) is 4.79 Å². The predicted molar refractivity (Wildman–Crippen MR) is 100 cm³/mol. The van der Waals surface area contributed by atoms with Gasteiger partial charge in [-0.1, -0.05) is 46.5 Å². The van der Waals surface area contributed by atoms with Crippen molar-refractivity contribution >= 4 is 6.41 Å². The molecule has 0 rings (SSSR count). The van der Waals surface area contributed by atoms with E-state index in [4.69, 9.17) is 18.9 Å². The highest BCUT2D eigenvalue weighted by atomic mass is 16.6. The Morgan fingerprint density at radius 3 is 1.68 bits per heavy atom. The molecule has 6 nitrogen and oxygen atoms in total. The van der Waals surface area contributed by atoms with Gasteiger partial charge in [0.05, 0.1) is 46.2 Å². The predicted octanol–water partition coefficient (Wildman–Crippen LogP) is 2.12. The van der Waals surface area contributed by atoms with Crippen molar-refractivity contribution in [2.75, 3.05) is 59.4 Å². The van der Waals surface area contributed by atoms with E-state index in [0.717, 1.165) is 5.92 Å². The van der Waals surface area contributed by atoms with Crippen molar-refractivity contribution in [3.8, 4) is 11.8 Å². The molecule has 0 bridgehead atoms. The maximum atomic E-state index is 9.94. The molecular formula is C19H37NO5. The second-order valence-electron chi connectivity index (χ2n) is 6.17. The maximum absolute atomic E-state index is 9.94. The summed E-state index contributed by atoms with van der Waals surface area (Å²) in [6.07, 6.45) is 0.651. The van der Waals surface area contributed by atoms with Crippen molar-refractivity contribution in [1.82, 2.24) is 5.32 Å². The second-order valence-corrected chi connectivity index (χ2v) is 6.17. The van der Waals surface area contributed by atoms with Crippen molar-refractivity contribution in [2.24, 2.45) is 11.8 Å². The fourth-order valence-corrected chi connectivity index (χ4v) is 1.22. The lowest BCUT2D eigenvalue weighted by Crippen LogP contribution is -2.19. The van der Waals surface area contributed by atoms with Crippen LogP contribution in [0, 0.1) is 23.7 Å². The van der Waals surface area contributed by atoms with Crippen LogP contribution in [0.25, 0.3) is 0 Å². The van der Waals surface area contributed by atoms with Crippen LogP contribution in [0.5, 0.6) is 0 Å². The van der Waals surface area contributed by atoms with Crippen LogP contribution in [-0.2, 0) is 23.7 Å². The van der Waals surface area contributed by atoms with Crippen molar-refractivity contribution in [3.05, 3.63) is 0 Å². The lowest BCUT2D eigenvalue weighted by Gasteiger charge is -2.06. The molecule has 0 radical (unpaired) electrons. The van der Waals surface area contributed by atoms with Crippen LogP contribution in [-0.4, -0.2) is 65.8 Å². The number of carbonyl (C=O) groups is 1. The van der Waals surface area contributed by atoms with Gasteiger partial charge in [-0.15, -0.1) is 0 Å². The molecule has 0 aromatic rings. The SMILES string of the molecule is CC(C)C.CC(C)C#CCOCCOCCOCCOCCNC=O. The Labute approximate surface area is 153 Å². The van der Waals surface area contributed by atoms with Gasteiger partial charge in [0, 0.05) is 12.5 Å². The monoisotopic (exact) mass is 359 g/mol. The third-order valence-electron chi connectivity index (χ3n) is 2.16. The third kappa shape index (κ3) is 35.0. The fraction of sp³-hybridized carbons (Fsp3) is 0.842. The molecule has 0 spiro atoms. The molecule has 0 aliphatic heterocycles. The Kier molecular flexibility index (Phi) is 23.9. The third-order valence-corrected chi connectivity index (χ3v) is 2.16. The molecule has 1 N–H and O–H groups in total. The quantitative estimate of drug-likeness (QED) is 0.292. The number of hydrogen-bond acceptors (Lipinski definition) is 5. The summed E-state index contributed by atoms with van der Waals surface area (Å²) in [6, 6.07) is 0. The zero-order chi connectivity index (χ0) is 19.2. The molecule has 0 saturated heterocycles. The smallest absolute Gasteiger partial charge is 0.207 e. The van der Waals surface area contributed by atoms with Crippen molar-refractivity contribution in [2.45, 2.75) is 34.6 Å². The number of nitrogens with one attached hydrogen (secondary N) is 1. The first-order valence-electron chi connectivity index (χ1n) is 8.97. The van der Waals surface area contributed by atoms with Crippen LogP contribution in [0.2, 0.25) is 0 Å². The van der Waals surface area contributed by atoms with Gasteiger partial charge in [0.25, 0.3) is 0 Å². The van der Waals surface area contributed by atoms with Gasteiger partial charge in [0.15, 0.2) is 0 Å². The topological polar surface area (TPSA) is 66.0 Å². The summed E-state index contributed by atoms with van der Waals surface area (Å²) in [5.41, 5.74) is 0. The summed E-state index contributed by atoms with van der Waals surface area (Å²) >= 11 is 0. The Bertz CT molecular complexity index is 321. The molecule has 148 valence electrons. The van der Waals surface area contributed by atoms with E-state index in [0.29, 0.717) is 71.7 Å². The Balaban J connectivity index is 0. The molecule has 6 heteroatoms. The summed E-state index contributed by atoms with van der Waals surface area (Å²) in [7, 11) is 0. The minimum absolute atomic E-state index is 0.382. The molecule has 0 aromatic heterocycles. The Morgan fingerprint density at radius 2 is 1.24 bits per heavy atom. The lowest BCUT2D eigenvalue weighted by molar-refractivity contribution is -0.109. The van der Waals surface area contributed by atoms with Gasteiger partial charge in [-0.3, -0.25) is 4.79 Å². The van der Waals surface area contributed by atoms with Gasteiger partial charge in [0.2, 0.25) is 6.41 Å². The van der Waals surface area contributed by atoms with E-state index in [2.05, 4.69) is 37.9 Å². The van der Waals surface area contributed by atoms with E-state index in [1.807, 2.05) is 13.8 Å². The largest absolute Gasteiger partial charge is 0.377 e. The molecule has 0 unspecified atom stereocenters. The van der Waals surface area contributed by atoms with Gasteiger partial charge in [-0.2, -0.15) is 0 Å². The van der Waals surface area contributed by atoms with Gasteiger partial charge >= 0.3 is 0 Å². The second kappa shape index (κ2) is 22.9. The molecule has 0 aromatic carbocycles. The van der Waals surface area contributed by atoms with E-state index in [1.54, 1.807) is 0 Å². The molecule has 0 aliphatic carbocycles. The van der Waals surface area contributed by atoms with Gasteiger partial charge in [-0.25, -0.2) is 0 Å². The average molecular weight is 360 g/mol. The minimum Gasteiger partial charge on any atom is -0.377 e. The van der Waals surface area contributed by atoms with E-state index in [-0.39, 0.29) is 0 Å². The summed E-state index contributed by atoms with van der Waals surface area (Å²) < 4.78 is 21.1. The number of carbonyl (C=O) groups excluding carboxylic acids is 1. The minimum atomic E-state index is 0.382. The fourth-order valence-electron chi connectivity index (χ4n) is 1.22. The Morgan fingerprint density at radius 1 is 0.800 bits per heavy atom. The van der Waals surface area contributed by atoms with E-state index < -0.39 is 0 Å². The summed E-state index contributed by atoms with van der Waals surface area (Å²) in [6.45, 7) is 15.2. The lowest BCUT2D eigenvalue weighted by atomic mass is 10.2. The van der Waals surface area contributed by atoms with Gasteiger partial charge in [0.1, 0.15) is 6.61 Å². The van der Waals surface area contributed by atoms with Crippen LogP contribution < -0.4 is 5.32 Å². The number of rotatable bonds is 14. The van der Waals surface area contributed by atoms with Crippen molar-refractivity contribution in [3.63, 3.8) is 0 Å². The number of hydrogen-bond donors (Lipinski definition) is 1. The van der Waals surface area contributed by atoms with Crippen LogP contribution in [0.1, 0.15) is 34.6 Å². The average Bonchev–Trinajstić information content (AvgIpc) is 2.53. The zero-order valence-electron chi connectivity index (χ0n) is 16.6. The van der Waals surface area contributed by atoms with Crippen LogP contribution >= 0.6 is 0 Å². The standard InChI is InChI=1S/C15H27NO5.C4H10/c1-15(2)4-3-6-18-8-10-20-12-13-21-11-9-19-7-5-16-14-17;1-4(2)3/h14-15H,5-13H2,1-2H3,(H,16,17);4H,1-3H3. The first-order valence-corrected chi connectivity index (χ1v) is 8.97. The highest BCUT2D eigenvalue weighted by Crippen LogP contribution is 1.86. The molecule has 0 atom stereocenters. The number of amides is 1. The molecule has 0 aliphatic rings. The molecular weight excluding hydrogens is 322 g/mol. The van der Waals surface area contributed by atoms with E-state index >= 15 is 0 Å². The normalized spacial score (nSPS) is 10.0.